The SMILES string of the molecule is Cc1cccc(CO)c1[NH]. The molecule has 2 nitrogen and oxygen atoms in total. The minimum Gasteiger partial charge on any atom is -0.392 e. The van der Waals surface area contributed by atoms with Crippen LogP contribution < -0.4 is 5.73 Å². The van der Waals surface area contributed by atoms with E-state index in [1.165, 1.54) is 0 Å². The average molecular weight is 136 g/mol. The largest absolute Gasteiger partial charge is 0.392 e. The second kappa shape index (κ2) is 2.71. The molecule has 1 aromatic rings. The van der Waals surface area contributed by atoms with Crippen LogP contribution in [0.1, 0.15) is 11.1 Å². The van der Waals surface area contributed by atoms with Gasteiger partial charge in [0.15, 0.2) is 0 Å². The number of rotatable bonds is 1. The van der Waals surface area contributed by atoms with E-state index in [0.29, 0.717) is 11.3 Å². The van der Waals surface area contributed by atoms with E-state index in [9.17, 15) is 0 Å². The van der Waals surface area contributed by atoms with Crippen molar-refractivity contribution < 1.29 is 5.11 Å². The predicted octanol–water partition coefficient (Wildman–Crippen LogP) is 1.40. The first-order valence-corrected chi connectivity index (χ1v) is 3.16. The van der Waals surface area contributed by atoms with Gasteiger partial charge in [-0.15, -0.1) is 0 Å². The van der Waals surface area contributed by atoms with Gasteiger partial charge in [-0.2, -0.15) is 0 Å². The summed E-state index contributed by atoms with van der Waals surface area (Å²) >= 11 is 0. The molecule has 0 atom stereocenters. The van der Waals surface area contributed by atoms with Crippen LogP contribution in [0.25, 0.3) is 0 Å². The molecule has 0 aliphatic rings. The molecule has 2 heteroatoms. The molecule has 0 unspecified atom stereocenters. The van der Waals surface area contributed by atoms with Crippen molar-refractivity contribution in [3.05, 3.63) is 29.3 Å². The van der Waals surface area contributed by atoms with Crippen molar-refractivity contribution in [1.29, 1.82) is 0 Å². The van der Waals surface area contributed by atoms with Crippen LogP contribution in [0.3, 0.4) is 0 Å². The highest BCUT2D eigenvalue weighted by Crippen LogP contribution is 2.17. The molecule has 1 rings (SSSR count). The Morgan fingerprint density at radius 3 is 2.70 bits per heavy atom. The Labute approximate surface area is 60.3 Å². The van der Waals surface area contributed by atoms with Gasteiger partial charge in [0.1, 0.15) is 0 Å². The maximum absolute atomic E-state index is 8.72. The van der Waals surface area contributed by atoms with Gasteiger partial charge in [-0.1, -0.05) is 18.2 Å². The van der Waals surface area contributed by atoms with Gasteiger partial charge in [0.25, 0.3) is 0 Å². The molecular formula is C8H10NO. The fourth-order valence-electron chi connectivity index (χ4n) is 0.860. The number of aliphatic hydroxyl groups is 1. The Morgan fingerprint density at radius 2 is 2.20 bits per heavy atom. The molecule has 0 saturated carbocycles. The fraction of sp³-hybridized carbons (Fsp3) is 0.250. The number of hydrogen-bond donors (Lipinski definition) is 1. The Bertz CT molecular complexity index is 233. The van der Waals surface area contributed by atoms with Gasteiger partial charge < -0.3 is 10.8 Å². The van der Waals surface area contributed by atoms with Gasteiger partial charge in [-0.25, -0.2) is 0 Å². The Morgan fingerprint density at radius 1 is 1.50 bits per heavy atom. The van der Waals surface area contributed by atoms with E-state index < -0.39 is 0 Å². The highest BCUT2D eigenvalue weighted by molar-refractivity contribution is 5.49. The van der Waals surface area contributed by atoms with Gasteiger partial charge >= 0.3 is 0 Å². The topological polar surface area (TPSA) is 44.0 Å². The first-order chi connectivity index (χ1) is 4.75. The molecule has 0 spiro atoms. The number of hydrogen-bond acceptors (Lipinski definition) is 1. The lowest BCUT2D eigenvalue weighted by molar-refractivity contribution is 0.282. The van der Waals surface area contributed by atoms with E-state index in [-0.39, 0.29) is 6.61 Å². The van der Waals surface area contributed by atoms with Gasteiger partial charge in [-0.3, -0.25) is 0 Å². The lowest BCUT2D eigenvalue weighted by atomic mass is 10.1. The predicted molar refractivity (Wildman–Crippen MR) is 39.9 cm³/mol. The summed E-state index contributed by atoms with van der Waals surface area (Å²) in [6.07, 6.45) is 0. The van der Waals surface area contributed by atoms with Crippen molar-refractivity contribution in [3.63, 3.8) is 0 Å². The van der Waals surface area contributed by atoms with Gasteiger partial charge in [0.2, 0.25) is 0 Å². The van der Waals surface area contributed by atoms with Gasteiger partial charge in [0.05, 0.1) is 12.3 Å². The normalized spacial score (nSPS) is 9.80. The molecule has 0 fully saturated rings. The van der Waals surface area contributed by atoms with Gasteiger partial charge in [0, 0.05) is 5.56 Å². The van der Waals surface area contributed by atoms with Crippen LogP contribution in [-0.4, -0.2) is 5.11 Å². The fourth-order valence-corrected chi connectivity index (χ4v) is 0.860. The highest BCUT2D eigenvalue weighted by atomic mass is 16.3. The van der Waals surface area contributed by atoms with Crippen molar-refractivity contribution >= 4 is 5.69 Å². The summed E-state index contributed by atoms with van der Waals surface area (Å²) in [6, 6.07) is 5.47. The van der Waals surface area contributed by atoms with Gasteiger partial charge in [-0.05, 0) is 12.5 Å². The third kappa shape index (κ3) is 1.11. The van der Waals surface area contributed by atoms with Crippen molar-refractivity contribution in [2.75, 3.05) is 0 Å². The van der Waals surface area contributed by atoms with Crippen LogP contribution in [0, 0.1) is 6.92 Å². The van der Waals surface area contributed by atoms with E-state index >= 15 is 0 Å². The standard InChI is InChI=1S/C8H10NO/c1-6-3-2-4-7(5-10)8(6)9/h2-4,9-10H,5H2,1H3. The van der Waals surface area contributed by atoms with E-state index in [1.807, 2.05) is 19.1 Å². The summed E-state index contributed by atoms with van der Waals surface area (Å²) < 4.78 is 0. The number of aryl methyl sites for hydroxylation is 1. The summed E-state index contributed by atoms with van der Waals surface area (Å²) in [7, 11) is 0. The molecular weight excluding hydrogens is 126 g/mol. The molecule has 10 heavy (non-hydrogen) atoms. The molecule has 0 aromatic heterocycles. The minimum atomic E-state index is -0.0412. The molecule has 0 heterocycles. The molecule has 1 aromatic carbocycles. The number of benzene rings is 1. The zero-order chi connectivity index (χ0) is 7.56. The van der Waals surface area contributed by atoms with Crippen molar-refractivity contribution in [2.45, 2.75) is 13.5 Å². The van der Waals surface area contributed by atoms with Crippen molar-refractivity contribution in [2.24, 2.45) is 0 Å². The second-order valence-electron chi connectivity index (χ2n) is 2.27. The number of aliphatic hydroxyl groups excluding tert-OH is 1. The average Bonchev–Trinajstić information content (AvgIpc) is 1.95. The summed E-state index contributed by atoms with van der Waals surface area (Å²) in [5.74, 6) is 0. The van der Waals surface area contributed by atoms with Crippen molar-refractivity contribution in [1.82, 2.24) is 5.73 Å². The molecule has 0 bridgehead atoms. The maximum Gasteiger partial charge on any atom is 0.0702 e. The summed E-state index contributed by atoms with van der Waals surface area (Å²) in [4.78, 5) is 0. The van der Waals surface area contributed by atoms with Crippen LogP contribution in [0.15, 0.2) is 18.2 Å². The zero-order valence-corrected chi connectivity index (χ0v) is 5.89. The Balaban J connectivity index is 3.14. The second-order valence-corrected chi connectivity index (χ2v) is 2.27. The van der Waals surface area contributed by atoms with Crippen LogP contribution in [0.5, 0.6) is 0 Å². The van der Waals surface area contributed by atoms with Crippen molar-refractivity contribution in [3.8, 4) is 0 Å². The van der Waals surface area contributed by atoms with E-state index in [4.69, 9.17) is 10.8 Å². The third-order valence-electron chi connectivity index (χ3n) is 1.53. The lowest BCUT2D eigenvalue weighted by Gasteiger charge is -2.02. The van der Waals surface area contributed by atoms with Crippen LogP contribution in [-0.2, 0) is 6.61 Å². The Kier molecular flexibility index (Phi) is 1.92. The highest BCUT2D eigenvalue weighted by Gasteiger charge is 1.98. The van der Waals surface area contributed by atoms with Crippen LogP contribution in [0.2, 0.25) is 0 Å². The molecule has 0 amide bonds. The summed E-state index contributed by atoms with van der Waals surface area (Å²) in [6.45, 7) is 1.82. The lowest BCUT2D eigenvalue weighted by Crippen LogP contribution is -1.87. The van der Waals surface area contributed by atoms with E-state index in [1.54, 1.807) is 6.07 Å². The van der Waals surface area contributed by atoms with Crippen LogP contribution in [0.4, 0.5) is 5.69 Å². The third-order valence-corrected chi connectivity index (χ3v) is 1.53. The molecule has 1 radical (unpaired) electrons. The first kappa shape index (κ1) is 7.09. The maximum atomic E-state index is 8.72. The number of nitrogens with one attached hydrogen (secondary N) is 1. The molecule has 53 valence electrons. The van der Waals surface area contributed by atoms with Crippen LogP contribution >= 0.6 is 0 Å². The molecule has 0 aliphatic heterocycles. The molecule has 0 saturated heterocycles. The summed E-state index contributed by atoms with van der Waals surface area (Å²) in [5, 5.41) is 8.72. The first-order valence-electron chi connectivity index (χ1n) is 3.16. The Hall–Kier alpha value is -1.02. The monoisotopic (exact) mass is 136 g/mol. The minimum absolute atomic E-state index is 0.0412. The zero-order valence-electron chi connectivity index (χ0n) is 5.89. The molecule has 0 aliphatic carbocycles. The van der Waals surface area contributed by atoms with E-state index in [0.717, 1.165) is 5.56 Å². The summed E-state index contributed by atoms with van der Waals surface area (Å²) in [5.41, 5.74) is 9.49. The van der Waals surface area contributed by atoms with E-state index in [2.05, 4.69) is 0 Å². The smallest absolute Gasteiger partial charge is 0.0702 e. The molecule has 2 N–H and O–H groups in total. The quantitative estimate of drug-likeness (QED) is 0.623.